The molecule has 0 unspecified atom stereocenters. The standard InChI is InChI=1S/C11H21N3O2/c12-11(15)16-10-3-7-14(8-4-10)9-1-5-13-6-2-9/h9-10,13H,1-8H2,(H2,12,15). The summed E-state index contributed by atoms with van der Waals surface area (Å²) in [5, 5.41) is 3.38. The summed E-state index contributed by atoms with van der Waals surface area (Å²) in [4.78, 5) is 13.2. The van der Waals surface area contributed by atoms with Gasteiger partial charge in [0, 0.05) is 19.1 Å². The number of likely N-dealkylation sites (tertiary alicyclic amines) is 1. The van der Waals surface area contributed by atoms with Gasteiger partial charge in [0.25, 0.3) is 0 Å². The second kappa shape index (κ2) is 5.50. The zero-order valence-corrected chi connectivity index (χ0v) is 9.65. The van der Waals surface area contributed by atoms with E-state index in [1.165, 1.54) is 12.8 Å². The van der Waals surface area contributed by atoms with Crippen molar-refractivity contribution in [1.82, 2.24) is 10.2 Å². The first-order chi connectivity index (χ1) is 7.75. The average Bonchev–Trinajstić information content (AvgIpc) is 2.30. The largest absolute Gasteiger partial charge is 0.446 e. The number of carbonyl (C=O) groups excluding carboxylic acids is 1. The van der Waals surface area contributed by atoms with E-state index in [1.807, 2.05) is 0 Å². The quantitative estimate of drug-likeness (QED) is 0.712. The molecular weight excluding hydrogens is 206 g/mol. The minimum absolute atomic E-state index is 0.0375. The number of nitrogens with two attached hydrogens (primary N) is 1. The number of hydrogen-bond acceptors (Lipinski definition) is 4. The maximum absolute atomic E-state index is 10.6. The van der Waals surface area contributed by atoms with E-state index in [-0.39, 0.29) is 6.10 Å². The normalized spacial score (nSPS) is 25.5. The number of amides is 1. The third-order valence-electron chi connectivity index (χ3n) is 3.58. The Morgan fingerprint density at radius 3 is 2.38 bits per heavy atom. The van der Waals surface area contributed by atoms with Gasteiger partial charge in [-0.05, 0) is 38.8 Å². The van der Waals surface area contributed by atoms with E-state index in [4.69, 9.17) is 10.5 Å². The molecule has 2 heterocycles. The van der Waals surface area contributed by atoms with Crippen molar-refractivity contribution in [3.05, 3.63) is 0 Å². The number of nitrogens with one attached hydrogen (secondary N) is 1. The van der Waals surface area contributed by atoms with Crippen LogP contribution in [-0.2, 0) is 4.74 Å². The first kappa shape index (κ1) is 11.7. The van der Waals surface area contributed by atoms with Crippen molar-refractivity contribution in [2.24, 2.45) is 5.73 Å². The molecule has 5 nitrogen and oxygen atoms in total. The van der Waals surface area contributed by atoms with Gasteiger partial charge in [-0.15, -0.1) is 0 Å². The van der Waals surface area contributed by atoms with Crippen LogP contribution in [0.25, 0.3) is 0 Å². The van der Waals surface area contributed by atoms with E-state index < -0.39 is 6.09 Å². The van der Waals surface area contributed by atoms with Gasteiger partial charge in [-0.3, -0.25) is 0 Å². The minimum atomic E-state index is -0.639. The van der Waals surface area contributed by atoms with Crippen molar-refractivity contribution >= 4 is 6.09 Å². The molecule has 0 saturated carbocycles. The second-order valence-corrected chi connectivity index (χ2v) is 4.65. The van der Waals surface area contributed by atoms with Crippen molar-refractivity contribution in [1.29, 1.82) is 0 Å². The van der Waals surface area contributed by atoms with Crippen molar-refractivity contribution in [3.8, 4) is 0 Å². The third kappa shape index (κ3) is 3.09. The van der Waals surface area contributed by atoms with E-state index in [9.17, 15) is 4.79 Å². The molecule has 1 amide bonds. The minimum Gasteiger partial charge on any atom is -0.446 e. The summed E-state index contributed by atoms with van der Waals surface area (Å²) in [6.45, 7) is 4.32. The summed E-state index contributed by atoms with van der Waals surface area (Å²) in [5.41, 5.74) is 5.02. The van der Waals surface area contributed by atoms with Gasteiger partial charge in [0.2, 0.25) is 0 Å². The van der Waals surface area contributed by atoms with Crippen LogP contribution in [0, 0.1) is 0 Å². The number of ether oxygens (including phenoxy) is 1. The smallest absolute Gasteiger partial charge is 0.404 e. The number of primary amides is 1. The van der Waals surface area contributed by atoms with Gasteiger partial charge in [0.1, 0.15) is 6.10 Å². The molecule has 0 bridgehead atoms. The Bertz CT molecular complexity index is 233. The lowest BCUT2D eigenvalue weighted by atomic mass is 10.00. The predicted octanol–water partition coefficient (Wildman–Crippen LogP) is 0.298. The summed E-state index contributed by atoms with van der Waals surface area (Å²) in [5.74, 6) is 0. The topological polar surface area (TPSA) is 67.6 Å². The second-order valence-electron chi connectivity index (χ2n) is 4.65. The molecule has 92 valence electrons. The number of piperidine rings is 2. The molecule has 0 atom stereocenters. The van der Waals surface area contributed by atoms with Crippen molar-refractivity contribution in [2.75, 3.05) is 26.2 Å². The van der Waals surface area contributed by atoms with Crippen LogP contribution in [0.5, 0.6) is 0 Å². The van der Waals surface area contributed by atoms with Crippen LogP contribution < -0.4 is 11.1 Å². The highest BCUT2D eigenvalue weighted by Gasteiger charge is 2.27. The van der Waals surface area contributed by atoms with Crippen LogP contribution in [0.15, 0.2) is 0 Å². The Balaban J connectivity index is 1.73. The summed E-state index contributed by atoms with van der Waals surface area (Å²) in [6, 6.07) is 0.718. The lowest BCUT2D eigenvalue weighted by molar-refractivity contribution is 0.0367. The molecular formula is C11H21N3O2. The van der Waals surface area contributed by atoms with Crippen LogP contribution >= 0.6 is 0 Å². The van der Waals surface area contributed by atoms with Gasteiger partial charge >= 0.3 is 6.09 Å². The zero-order valence-electron chi connectivity index (χ0n) is 9.65. The molecule has 5 heteroatoms. The lowest BCUT2D eigenvalue weighted by Gasteiger charge is -2.39. The number of carbonyl (C=O) groups is 1. The summed E-state index contributed by atoms with van der Waals surface area (Å²) in [7, 11) is 0. The predicted molar refractivity (Wildman–Crippen MR) is 61.2 cm³/mol. The molecule has 16 heavy (non-hydrogen) atoms. The van der Waals surface area contributed by atoms with E-state index in [0.29, 0.717) is 0 Å². The fraction of sp³-hybridized carbons (Fsp3) is 0.909. The summed E-state index contributed by atoms with van der Waals surface area (Å²) in [6.07, 6.45) is 3.72. The molecule has 2 aliphatic heterocycles. The fourth-order valence-corrected chi connectivity index (χ4v) is 2.69. The van der Waals surface area contributed by atoms with Gasteiger partial charge in [-0.2, -0.15) is 0 Å². The van der Waals surface area contributed by atoms with Gasteiger partial charge in [-0.25, -0.2) is 4.79 Å². The Kier molecular flexibility index (Phi) is 4.01. The first-order valence-electron chi connectivity index (χ1n) is 6.16. The molecule has 2 aliphatic rings. The van der Waals surface area contributed by atoms with Crippen LogP contribution in [-0.4, -0.2) is 49.3 Å². The van der Waals surface area contributed by atoms with Crippen LogP contribution in [0.2, 0.25) is 0 Å². The molecule has 2 saturated heterocycles. The maximum atomic E-state index is 10.6. The Morgan fingerprint density at radius 2 is 1.81 bits per heavy atom. The molecule has 0 aromatic heterocycles. The highest BCUT2D eigenvalue weighted by Crippen LogP contribution is 2.19. The zero-order chi connectivity index (χ0) is 11.4. The lowest BCUT2D eigenvalue weighted by Crippen LogP contribution is -2.48. The van der Waals surface area contributed by atoms with Crippen LogP contribution in [0.1, 0.15) is 25.7 Å². The first-order valence-corrected chi connectivity index (χ1v) is 6.16. The Morgan fingerprint density at radius 1 is 1.19 bits per heavy atom. The molecule has 0 aromatic carbocycles. The number of rotatable bonds is 2. The molecule has 2 fully saturated rings. The van der Waals surface area contributed by atoms with E-state index in [2.05, 4.69) is 10.2 Å². The monoisotopic (exact) mass is 227 g/mol. The van der Waals surface area contributed by atoms with Gasteiger partial charge in [0.15, 0.2) is 0 Å². The SMILES string of the molecule is NC(=O)OC1CCN(C2CCNCC2)CC1. The number of hydrogen-bond donors (Lipinski definition) is 2. The highest BCUT2D eigenvalue weighted by atomic mass is 16.6. The maximum Gasteiger partial charge on any atom is 0.404 e. The number of nitrogens with zero attached hydrogens (tertiary/aromatic N) is 1. The molecule has 0 aliphatic carbocycles. The third-order valence-corrected chi connectivity index (χ3v) is 3.58. The van der Waals surface area contributed by atoms with Gasteiger partial charge in [0.05, 0.1) is 0 Å². The highest BCUT2D eigenvalue weighted by molar-refractivity contribution is 5.64. The van der Waals surface area contributed by atoms with E-state index in [0.717, 1.165) is 45.1 Å². The van der Waals surface area contributed by atoms with E-state index >= 15 is 0 Å². The van der Waals surface area contributed by atoms with Crippen molar-refractivity contribution in [3.63, 3.8) is 0 Å². The Labute approximate surface area is 96.3 Å². The molecule has 3 N–H and O–H groups in total. The van der Waals surface area contributed by atoms with Gasteiger partial charge in [-0.1, -0.05) is 0 Å². The fourth-order valence-electron chi connectivity index (χ4n) is 2.69. The van der Waals surface area contributed by atoms with E-state index in [1.54, 1.807) is 0 Å². The summed E-state index contributed by atoms with van der Waals surface area (Å²) >= 11 is 0. The molecule has 2 rings (SSSR count). The van der Waals surface area contributed by atoms with Crippen molar-refractivity contribution < 1.29 is 9.53 Å². The average molecular weight is 227 g/mol. The van der Waals surface area contributed by atoms with Crippen LogP contribution in [0.4, 0.5) is 4.79 Å². The Hall–Kier alpha value is -0.810. The van der Waals surface area contributed by atoms with Crippen LogP contribution in [0.3, 0.4) is 0 Å². The van der Waals surface area contributed by atoms with Gasteiger partial charge < -0.3 is 20.7 Å². The van der Waals surface area contributed by atoms with Crippen molar-refractivity contribution in [2.45, 2.75) is 37.8 Å². The molecule has 0 radical (unpaired) electrons. The summed E-state index contributed by atoms with van der Waals surface area (Å²) < 4.78 is 5.03. The molecule has 0 aromatic rings. The molecule has 0 spiro atoms.